The van der Waals surface area contributed by atoms with Crippen molar-refractivity contribution in [3.8, 4) is 0 Å². The van der Waals surface area contributed by atoms with Gasteiger partial charge in [0.05, 0.1) is 17.0 Å². The van der Waals surface area contributed by atoms with Crippen molar-refractivity contribution < 1.29 is 9.59 Å². The molecular weight excluding hydrogens is 356 g/mol. The van der Waals surface area contributed by atoms with Crippen molar-refractivity contribution in [1.82, 2.24) is 10.2 Å². The first kappa shape index (κ1) is 18.2. The van der Waals surface area contributed by atoms with Crippen molar-refractivity contribution in [3.63, 3.8) is 0 Å². The maximum Gasteiger partial charge on any atom is 0.264 e. The summed E-state index contributed by atoms with van der Waals surface area (Å²) >= 11 is 1.60. The van der Waals surface area contributed by atoms with Gasteiger partial charge in [0.1, 0.15) is 0 Å². The number of amides is 2. The number of likely N-dealkylation sites (tertiary alicyclic amines) is 1. The molecule has 0 unspecified atom stereocenters. The molecule has 0 saturated carbocycles. The summed E-state index contributed by atoms with van der Waals surface area (Å²) in [5.41, 5.74) is 1.20. The first-order chi connectivity index (χ1) is 13.2. The maximum atomic E-state index is 13.3. The van der Waals surface area contributed by atoms with Gasteiger partial charge in [-0.05, 0) is 37.0 Å². The number of hydrogen-bond donors (Lipinski definition) is 1. The third-order valence-electron chi connectivity index (χ3n) is 5.83. The van der Waals surface area contributed by atoms with Crippen LogP contribution in [0.5, 0.6) is 0 Å². The quantitative estimate of drug-likeness (QED) is 0.873. The number of carbonyl (C=O) groups excluding carboxylic acids is 2. The molecule has 0 bridgehead atoms. The molecule has 2 aromatic rings. The Morgan fingerprint density at radius 1 is 1.19 bits per heavy atom. The minimum atomic E-state index is -0.00485. The fourth-order valence-electron chi connectivity index (χ4n) is 4.42. The molecule has 1 aromatic heterocycles. The molecule has 0 spiro atoms. The summed E-state index contributed by atoms with van der Waals surface area (Å²) in [5.74, 6) is 0.375. The molecule has 0 aliphatic carbocycles. The van der Waals surface area contributed by atoms with Crippen LogP contribution in [0.4, 0.5) is 0 Å². The molecule has 2 saturated heterocycles. The van der Waals surface area contributed by atoms with Crippen molar-refractivity contribution in [2.24, 2.45) is 0 Å². The Bertz CT molecular complexity index is 817. The van der Waals surface area contributed by atoms with Gasteiger partial charge < -0.3 is 10.2 Å². The summed E-state index contributed by atoms with van der Waals surface area (Å²) in [6.45, 7) is 2.78. The Hall–Kier alpha value is -2.14. The fraction of sp³-hybridized carbons (Fsp3) is 0.455. The van der Waals surface area contributed by atoms with Gasteiger partial charge in [0.25, 0.3) is 5.91 Å². The van der Waals surface area contributed by atoms with Gasteiger partial charge in [-0.1, -0.05) is 43.7 Å². The molecule has 2 amide bonds. The zero-order valence-electron chi connectivity index (χ0n) is 15.7. The van der Waals surface area contributed by atoms with Crippen LogP contribution in [0.2, 0.25) is 0 Å². The van der Waals surface area contributed by atoms with E-state index in [9.17, 15) is 9.59 Å². The van der Waals surface area contributed by atoms with Gasteiger partial charge in [0, 0.05) is 23.8 Å². The summed E-state index contributed by atoms with van der Waals surface area (Å²) < 4.78 is 0. The summed E-state index contributed by atoms with van der Waals surface area (Å²) in [7, 11) is 0. The van der Waals surface area contributed by atoms with Crippen LogP contribution in [0, 0.1) is 0 Å². The Labute approximate surface area is 164 Å². The summed E-state index contributed by atoms with van der Waals surface area (Å²) in [4.78, 5) is 29.7. The van der Waals surface area contributed by atoms with Crippen LogP contribution in [0.25, 0.3) is 0 Å². The summed E-state index contributed by atoms with van der Waals surface area (Å²) in [6, 6.07) is 14.4. The van der Waals surface area contributed by atoms with Gasteiger partial charge in [0.15, 0.2) is 0 Å². The molecule has 2 aliphatic heterocycles. The highest BCUT2D eigenvalue weighted by molar-refractivity contribution is 7.14. The van der Waals surface area contributed by atoms with Gasteiger partial charge >= 0.3 is 0 Å². The van der Waals surface area contributed by atoms with Crippen molar-refractivity contribution in [3.05, 3.63) is 57.8 Å². The monoisotopic (exact) mass is 382 g/mol. The second-order valence-corrected chi connectivity index (χ2v) is 8.67. The number of aryl methyl sites for hydroxylation is 1. The zero-order valence-corrected chi connectivity index (χ0v) is 16.5. The summed E-state index contributed by atoms with van der Waals surface area (Å²) in [6.07, 6.45) is 4.37. The Kier molecular flexibility index (Phi) is 5.30. The van der Waals surface area contributed by atoms with Gasteiger partial charge in [0.2, 0.25) is 5.91 Å². The van der Waals surface area contributed by atoms with Gasteiger partial charge in [-0.3, -0.25) is 9.59 Å². The predicted octanol–water partition coefficient (Wildman–Crippen LogP) is 3.98. The molecule has 4 nitrogen and oxygen atoms in total. The second-order valence-electron chi connectivity index (χ2n) is 7.50. The van der Waals surface area contributed by atoms with Gasteiger partial charge in [-0.25, -0.2) is 0 Å². The van der Waals surface area contributed by atoms with E-state index in [-0.39, 0.29) is 29.8 Å². The molecule has 4 rings (SSSR count). The van der Waals surface area contributed by atoms with E-state index in [1.807, 2.05) is 29.2 Å². The number of thiophene rings is 1. The van der Waals surface area contributed by atoms with E-state index in [2.05, 4.69) is 30.4 Å². The number of carbonyl (C=O) groups is 2. The first-order valence-electron chi connectivity index (χ1n) is 9.91. The Balaban J connectivity index is 1.66. The van der Waals surface area contributed by atoms with Gasteiger partial charge in [-0.15, -0.1) is 11.3 Å². The highest BCUT2D eigenvalue weighted by Crippen LogP contribution is 2.37. The van der Waals surface area contributed by atoms with Crippen LogP contribution in [-0.2, 0) is 11.2 Å². The van der Waals surface area contributed by atoms with E-state index in [1.54, 1.807) is 11.3 Å². The van der Waals surface area contributed by atoms with Crippen LogP contribution >= 0.6 is 11.3 Å². The topological polar surface area (TPSA) is 49.4 Å². The number of fused-ring (bicyclic) bond motifs is 1. The molecule has 142 valence electrons. The molecule has 0 radical (unpaired) electrons. The van der Waals surface area contributed by atoms with E-state index >= 15 is 0 Å². The minimum Gasteiger partial charge on any atom is -0.351 e. The molecule has 2 aliphatic rings. The number of benzene rings is 1. The molecule has 1 aromatic carbocycles. The molecule has 5 heteroatoms. The maximum absolute atomic E-state index is 13.3. The lowest BCUT2D eigenvalue weighted by Gasteiger charge is -2.31. The Morgan fingerprint density at radius 3 is 2.74 bits per heavy atom. The molecule has 27 heavy (non-hydrogen) atoms. The van der Waals surface area contributed by atoms with Crippen LogP contribution in [0.3, 0.4) is 0 Å². The van der Waals surface area contributed by atoms with E-state index in [4.69, 9.17) is 0 Å². The highest BCUT2D eigenvalue weighted by Gasteiger charge is 2.45. The van der Waals surface area contributed by atoms with E-state index in [0.29, 0.717) is 13.0 Å². The van der Waals surface area contributed by atoms with E-state index < -0.39 is 0 Å². The van der Waals surface area contributed by atoms with E-state index in [0.717, 1.165) is 30.6 Å². The Morgan fingerprint density at radius 2 is 2.00 bits per heavy atom. The standard InChI is InChI=1S/C22H26N2O2S/c1-2-16-12-13-19(27-16)22(26)24-14-17(15-8-4-3-5-9-15)21-18(24)10-6-7-11-20(25)23-21/h3-5,8-9,12-13,17-18,21H,2,6-7,10-11,14H2,1H3,(H,23,25)/t17-,18+,21-/m0/s1. The smallest absolute Gasteiger partial charge is 0.264 e. The van der Waals surface area contributed by atoms with Crippen LogP contribution in [0.1, 0.15) is 58.6 Å². The molecule has 2 fully saturated rings. The lowest BCUT2D eigenvalue weighted by molar-refractivity contribution is -0.122. The van der Waals surface area contributed by atoms with Crippen LogP contribution in [0.15, 0.2) is 42.5 Å². The van der Waals surface area contributed by atoms with Crippen LogP contribution in [-0.4, -0.2) is 35.3 Å². The molecule has 3 atom stereocenters. The molecular formula is C22H26N2O2S. The predicted molar refractivity (Wildman–Crippen MR) is 108 cm³/mol. The summed E-state index contributed by atoms with van der Waals surface area (Å²) in [5, 5.41) is 3.25. The molecule has 3 heterocycles. The number of hydrogen-bond acceptors (Lipinski definition) is 3. The van der Waals surface area contributed by atoms with E-state index in [1.165, 1.54) is 10.4 Å². The average Bonchev–Trinajstić information content (AvgIpc) is 3.29. The lowest BCUT2D eigenvalue weighted by atomic mass is 9.88. The third-order valence-corrected chi connectivity index (χ3v) is 7.05. The normalized spacial score (nSPS) is 25.4. The van der Waals surface area contributed by atoms with Crippen LogP contribution < -0.4 is 5.32 Å². The molecule has 1 N–H and O–H groups in total. The number of rotatable bonds is 3. The fourth-order valence-corrected chi connectivity index (χ4v) is 5.33. The third kappa shape index (κ3) is 3.65. The highest BCUT2D eigenvalue weighted by atomic mass is 32.1. The first-order valence-corrected chi connectivity index (χ1v) is 10.7. The van der Waals surface area contributed by atoms with Crippen molar-refractivity contribution in [2.75, 3.05) is 6.54 Å². The van der Waals surface area contributed by atoms with Crippen molar-refractivity contribution >= 4 is 23.2 Å². The largest absolute Gasteiger partial charge is 0.351 e. The lowest BCUT2D eigenvalue weighted by Crippen LogP contribution is -2.48. The van der Waals surface area contributed by atoms with Gasteiger partial charge in [-0.2, -0.15) is 0 Å². The van der Waals surface area contributed by atoms with Crippen molar-refractivity contribution in [1.29, 1.82) is 0 Å². The zero-order chi connectivity index (χ0) is 18.8. The SMILES string of the molecule is CCc1ccc(C(=O)N2C[C@@H](c3ccccc3)[C@@H]3NC(=O)CCCC[C@H]32)s1. The minimum absolute atomic E-state index is 0.00485. The van der Waals surface area contributed by atoms with Crippen molar-refractivity contribution in [2.45, 2.75) is 57.0 Å². The number of nitrogens with zero attached hydrogens (tertiary/aromatic N) is 1. The average molecular weight is 383 g/mol. The number of nitrogens with one attached hydrogen (secondary N) is 1. The second kappa shape index (κ2) is 7.85.